The van der Waals surface area contributed by atoms with Crippen LogP contribution in [0.1, 0.15) is 69.1 Å². The minimum atomic E-state index is 0.149. The average molecular weight is 461 g/mol. The Morgan fingerprint density at radius 1 is 1.09 bits per heavy atom. The Morgan fingerprint density at radius 3 is 2.55 bits per heavy atom. The Kier molecular flexibility index (Phi) is 6.19. The van der Waals surface area contributed by atoms with Crippen molar-refractivity contribution in [3.05, 3.63) is 74.4 Å². The lowest BCUT2D eigenvalue weighted by molar-refractivity contribution is 0.0751. The number of benzene rings is 1. The largest absolute Gasteiger partial charge is 0.353 e. The maximum absolute atomic E-state index is 12.8. The van der Waals surface area contributed by atoms with E-state index in [1.807, 2.05) is 22.4 Å². The van der Waals surface area contributed by atoms with E-state index in [1.54, 1.807) is 0 Å². The van der Waals surface area contributed by atoms with E-state index < -0.39 is 0 Å². The molecule has 0 atom stereocenters. The standard InChI is InChI=1S/C27H32N4OS/c1-4-23-22(17-21-16-18(2)7-8-19(21)3)26(29-25(28-23)20-9-10-20)30-11-13-31(14-12-30)27(32)24-6-5-15-33-24/h5-8,15-16,20H,4,9-14,17H2,1-3H3. The van der Waals surface area contributed by atoms with Crippen LogP contribution in [0.15, 0.2) is 35.7 Å². The second-order valence-electron chi connectivity index (χ2n) is 9.32. The van der Waals surface area contributed by atoms with Crippen molar-refractivity contribution >= 4 is 23.1 Å². The summed E-state index contributed by atoms with van der Waals surface area (Å²) >= 11 is 1.52. The summed E-state index contributed by atoms with van der Waals surface area (Å²) in [5.41, 5.74) is 6.38. The summed E-state index contributed by atoms with van der Waals surface area (Å²) in [6.07, 6.45) is 4.15. The van der Waals surface area contributed by atoms with Crippen LogP contribution < -0.4 is 4.90 Å². The van der Waals surface area contributed by atoms with Gasteiger partial charge in [0.2, 0.25) is 0 Å². The number of nitrogens with zero attached hydrogens (tertiary/aromatic N) is 4. The Bertz CT molecular complexity index is 1150. The van der Waals surface area contributed by atoms with Gasteiger partial charge < -0.3 is 9.80 Å². The molecule has 3 aromatic rings. The van der Waals surface area contributed by atoms with Gasteiger partial charge in [-0.3, -0.25) is 4.79 Å². The number of carbonyl (C=O) groups excluding carboxylic acids is 1. The fourth-order valence-electron chi connectivity index (χ4n) is 4.65. The molecule has 1 aliphatic carbocycles. The molecule has 2 aromatic heterocycles. The molecule has 5 nitrogen and oxygen atoms in total. The van der Waals surface area contributed by atoms with Crippen molar-refractivity contribution in [1.29, 1.82) is 0 Å². The normalized spacial score (nSPS) is 16.3. The zero-order valence-electron chi connectivity index (χ0n) is 19.8. The molecule has 2 aliphatic rings. The molecule has 5 rings (SSSR count). The van der Waals surface area contributed by atoms with E-state index in [0.717, 1.165) is 55.5 Å². The monoisotopic (exact) mass is 460 g/mol. The average Bonchev–Trinajstić information content (AvgIpc) is 3.54. The molecular formula is C27H32N4OS. The third-order valence-corrected chi connectivity index (χ3v) is 7.69. The first-order valence-corrected chi connectivity index (χ1v) is 12.9. The van der Waals surface area contributed by atoms with Crippen LogP contribution in [0.4, 0.5) is 5.82 Å². The molecule has 33 heavy (non-hydrogen) atoms. The first-order valence-electron chi connectivity index (χ1n) is 12.1. The van der Waals surface area contributed by atoms with Gasteiger partial charge in [-0.15, -0.1) is 11.3 Å². The van der Waals surface area contributed by atoms with Crippen LogP contribution in [0.25, 0.3) is 0 Å². The number of aryl methyl sites for hydroxylation is 3. The van der Waals surface area contributed by atoms with Crippen molar-refractivity contribution in [3.8, 4) is 0 Å². The SMILES string of the molecule is CCc1nc(C2CC2)nc(N2CCN(C(=O)c3cccs3)CC2)c1Cc1cc(C)ccc1C. The molecule has 1 aliphatic heterocycles. The van der Waals surface area contributed by atoms with Crippen molar-refractivity contribution < 1.29 is 4.79 Å². The lowest BCUT2D eigenvalue weighted by Gasteiger charge is -2.36. The van der Waals surface area contributed by atoms with Gasteiger partial charge in [0.1, 0.15) is 11.6 Å². The maximum Gasteiger partial charge on any atom is 0.264 e. The first-order chi connectivity index (χ1) is 16.0. The third-order valence-electron chi connectivity index (χ3n) is 6.84. The fourth-order valence-corrected chi connectivity index (χ4v) is 5.34. The number of rotatable bonds is 6. The number of thiophene rings is 1. The lowest BCUT2D eigenvalue weighted by Crippen LogP contribution is -2.49. The van der Waals surface area contributed by atoms with E-state index >= 15 is 0 Å². The van der Waals surface area contributed by atoms with Crippen LogP contribution in [0.3, 0.4) is 0 Å². The van der Waals surface area contributed by atoms with Gasteiger partial charge in [0.15, 0.2) is 0 Å². The number of hydrogen-bond acceptors (Lipinski definition) is 5. The van der Waals surface area contributed by atoms with E-state index in [1.165, 1.54) is 52.1 Å². The summed E-state index contributed by atoms with van der Waals surface area (Å²) in [5.74, 6) is 2.78. The van der Waals surface area contributed by atoms with Gasteiger partial charge in [-0.05, 0) is 55.7 Å². The molecule has 1 saturated carbocycles. The van der Waals surface area contributed by atoms with Gasteiger partial charge in [0.05, 0.1) is 4.88 Å². The molecule has 3 heterocycles. The van der Waals surface area contributed by atoms with Crippen molar-refractivity contribution in [2.45, 2.75) is 52.4 Å². The molecule has 0 unspecified atom stereocenters. The van der Waals surface area contributed by atoms with Crippen LogP contribution in [-0.2, 0) is 12.8 Å². The van der Waals surface area contributed by atoms with Gasteiger partial charge >= 0.3 is 0 Å². The molecule has 0 bridgehead atoms. The molecule has 0 N–H and O–H groups in total. The van der Waals surface area contributed by atoms with E-state index in [4.69, 9.17) is 9.97 Å². The van der Waals surface area contributed by atoms with Crippen molar-refractivity contribution in [3.63, 3.8) is 0 Å². The number of hydrogen-bond donors (Lipinski definition) is 0. The van der Waals surface area contributed by atoms with Crippen LogP contribution >= 0.6 is 11.3 Å². The molecule has 2 fully saturated rings. The highest BCUT2D eigenvalue weighted by Crippen LogP contribution is 2.40. The molecular weight excluding hydrogens is 428 g/mol. The number of carbonyl (C=O) groups is 1. The van der Waals surface area contributed by atoms with Crippen LogP contribution in [0, 0.1) is 13.8 Å². The van der Waals surface area contributed by atoms with Gasteiger partial charge in [-0.1, -0.05) is 36.8 Å². The summed E-state index contributed by atoms with van der Waals surface area (Å²) in [7, 11) is 0. The Balaban J connectivity index is 1.45. The topological polar surface area (TPSA) is 49.3 Å². The number of aromatic nitrogens is 2. The van der Waals surface area contributed by atoms with E-state index in [0.29, 0.717) is 5.92 Å². The smallest absolute Gasteiger partial charge is 0.264 e. The highest BCUT2D eigenvalue weighted by molar-refractivity contribution is 7.12. The fraction of sp³-hybridized carbons (Fsp3) is 0.444. The quantitative estimate of drug-likeness (QED) is 0.511. The number of anilines is 1. The molecule has 0 spiro atoms. The van der Waals surface area contributed by atoms with Crippen LogP contribution in [0.5, 0.6) is 0 Å². The zero-order valence-corrected chi connectivity index (χ0v) is 20.6. The molecule has 1 saturated heterocycles. The Morgan fingerprint density at radius 2 is 1.88 bits per heavy atom. The van der Waals surface area contributed by atoms with Crippen molar-refractivity contribution in [2.24, 2.45) is 0 Å². The molecule has 0 radical (unpaired) electrons. The highest BCUT2D eigenvalue weighted by atomic mass is 32.1. The van der Waals surface area contributed by atoms with Crippen LogP contribution in [0.2, 0.25) is 0 Å². The summed E-state index contributed by atoms with van der Waals surface area (Å²) in [5, 5.41) is 1.97. The van der Waals surface area contributed by atoms with Gasteiger partial charge in [0.25, 0.3) is 5.91 Å². The number of piperazine rings is 1. The second kappa shape index (κ2) is 9.26. The van der Waals surface area contributed by atoms with Crippen LogP contribution in [-0.4, -0.2) is 47.0 Å². The lowest BCUT2D eigenvalue weighted by atomic mass is 9.96. The zero-order chi connectivity index (χ0) is 22.9. The molecule has 1 aromatic carbocycles. The number of amides is 1. The van der Waals surface area contributed by atoms with Gasteiger partial charge in [0, 0.05) is 49.8 Å². The van der Waals surface area contributed by atoms with Crippen molar-refractivity contribution in [2.75, 3.05) is 31.1 Å². The minimum Gasteiger partial charge on any atom is -0.353 e. The predicted molar refractivity (Wildman–Crippen MR) is 135 cm³/mol. The van der Waals surface area contributed by atoms with Crippen molar-refractivity contribution in [1.82, 2.24) is 14.9 Å². The molecule has 1 amide bonds. The summed E-state index contributed by atoms with van der Waals surface area (Å²) in [6.45, 7) is 9.61. The van der Waals surface area contributed by atoms with Gasteiger partial charge in [-0.2, -0.15) is 0 Å². The van der Waals surface area contributed by atoms with E-state index in [2.05, 4.69) is 43.9 Å². The van der Waals surface area contributed by atoms with E-state index in [-0.39, 0.29) is 5.91 Å². The van der Waals surface area contributed by atoms with E-state index in [9.17, 15) is 4.79 Å². The van der Waals surface area contributed by atoms with Gasteiger partial charge in [-0.25, -0.2) is 9.97 Å². The molecule has 172 valence electrons. The first kappa shape index (κ1) is 22.1. The summed E-state index contributed by atoms with van der Waals surface area (Å²) < 4.78 is 0. The minimum absolute atomic E-state index is 0.149. The molecule has 6 heteroatoms. The second-order valence-corrected chi connectivity index (χ2v) is 10.3. The Hall–Kier alpha value is -2.73. The highest BCUT2D eigenvalue weighted by Gasteiger charge is 2.31. The predicted octanol–water partition coefficient (Wildman–Crippen LogP) is 5.15. The Labute approximate surface area is 200 Å². The maximum atomic E-state index is 12.8. The summed E-state index contributed by atoms with van der Waals surface area (Å²) in [4.78, 5) is 28.2. The summed E-state index contributed by atoms with van der Waals surface area (Å²) in [6, 6.07) is 10.5. The third kappa shape index (κ3) is 4.67.